The molecule has 5 rings (SSSR count). The Hall–Kier alpha value is -3.88. The van der Waals surface area contributed by atoms with E-state index in [1.165, 1.54) is 12.0 Å². The maximum absolute atomic E-state index is 13.1. The van der Waals surface area contributed by atoms with Crippen LogP contribution in [0.5, 0.6) is 0 Å². The molecule has 2 aromatic carbocycles. The smallest absolute Gasteiger partial charge is 0.326 e. The minimum atomic E-state index is -1.10. The average molecular weight is 561 g/mol. The molecule has 3 aliphatic rings. The monoisotopic (exact) mass is 560 g/mol. The number of fused-ring (bicyclic) bond motifs is 1. The van der Waals surface area contributed by atoms with Crippen molar-refractivity contribution in [2.24, 2.45) is 11.8 Å². The van der Waals surface area contributed by atoms with E-state index in [4.69, 9.17) is 0 Å². The van der Waals surface area contributed by atoms with Gasteiger partial charge in [0.05, 0.1) is 5.92 Å². The molecule has 2 heterocycles. The van der Waals surface area contributed by atoms with Crippen LogP contribution in [0.25, 0.3) is 0 Å². The number of carbonyl (C=O) groups is 4. The molecular formula is C32H40N4O5. The zero-order chi connectivity index (χ0) is 28.8. The molecule has 1 unspecified atom stereocenters. The van der Waals surface area contributed by atoms with Crippen LogP contribution in [0, 0.1) is 11.8 Å². The molecule has 1 saturated carbocycles. The molecule has 1 saturated heterocycles. The Kier molecular flexibility index (Phi) is 9.21. The van der Waals surface area contributed by atoms with Crippen molar-refractivity contribution in [1.29, 1.82) is 0 Å². The maximum Gasteiger partial charge on any atom is 0.326 e. The Morgan fingerprint density at radius 2 is 1.54 bits per heavy atom. The molecule has 218 valence electrons. The summed E-state index contributed by atoms with van der Waals surface area (Å²) in [7, 11) is 0. The first kappa shape index (κ1) is 28.6. The molecular weight excluding hydrogens is 520 g/mol. The molecule has 0 radical (unpaired) electrons. The third-order valence-corrected chi connectivity index (χ3v) is 8.74. The molecule has 0 spiro atoms. The number of anilines is 1. The van der Waals surface area contributed by atoms with Crippen LogP contribution in [-0.2, 0) is 33.8 Å². The second-order valence-electron chi connectivity index (χ2n) is 11.6. The van der Waals surface area contributed by atoms with Crippen molar-refractivity contribution in [2.75, 3.05) is 25.0 Å². The minimum absolute atomic E-state index is 0.0571. The molecule has 2 aliphatic heterocycles. The van der Waals surface area contributed by atoms with E-state index in [-0.39, 0.29) is 30.2 Å². The lowest BCUT2D eigenvalue weighted by Crippen LogP contribution is -2.51. The standard InChI is InChI=1S/C32H40N4O5/c37-29(26-11-6-17-35(21-26)30(38)24-8-2-1-3-9-24)34-28(31(39)40)19-22-12-14-27(15-13-22)33-32(41)36-18-16-23-7-4-5-10-25(23)20-36/h4-5,7,10,12-15,24,26,28H,1-3,6,8-9,11,16-21H2,(H,33,41)(H,34,37)(H,39,40)/t26?,28-/m0/s1. The van der Waals surface area contributed by atoms with Crippen molar-refractivity contribution >= 4 is 29.5 Å². The van der Waals surface area contributed by atoms with Crippen molar-refractivity contribution in [2.45, 2.75) is 70.4 Å². The highest BCUT2D eigenvalue weighted by Crippen LogP contribution is 2.28. The molecule has 0 bridgehead atoms. The van der Waals surface area contributed by atoms with Crippen LogP contribution in [0.1, 0.15) is 61.6 Å². The zero-order valence-corrected chi connectivity index (χ0v) is 23.5. The van der Waals surface area contributed by atoms with Crippen molar-refractivity contribution in [1.82, 2.24) is 15.1 Å². The quantitative estimate of drug-likeness (QED) is 0.469. The van der Waals surface area contributed by atoms with Crippen LogP contribution >= 0.6 is 0 Å². The predicted octanol–water partition coefficient (Wildman–Crippen LogP) is 4.21. The molecule has 1 aliphatic carbocycles. The largest absolute Gasteiger partial charge is 0.480 e. The number of nitrogens with one attached hydrogen (secondary N) is 2. The van der Waals surface area contributed by atoms with Gasteiger partial charge < -0.3 is 25.5 Å². The lowest BCUT2D eigenvalue weighted by Gasteiger charge is -2.35. The van der Waals surface area contributed by atoms with E-state index in [0.29, 0.717) is 38.3 Å². The Morgan fingerprint density at radius 3 is 2.27 bits per heavy atom. The fourth-order valence-corrected chi connectivity index (χ4v) is 6.32. The second-order valence-corrected chi connectivity index (χ2v) is 11.6. The first-order valence-corrected chi connectivity index (χ1v) is 14.9. The number of urea groups is 1. The lowest BCUT2D eigenvalue weighted by molar-refractivity contribution is -0.144. The molecule has 2 aromatic rings. The van der Waals surface area contributed by atoms with Gasteiger partial charge in [0.1, 0.15) is 6.04 Å². The normalized spacial score (nSPS) is 20.0. The predicted molar refractivity (Wildman–Crippen MR) is 155 cm³/mol. The fourth-order valence-electron chi connectivity index (χ4n) is 6.32. The Bertz CT molecular complexity index is 1260. The van der Waals surface area contributed by atoms with E-state index in [2.05, 4.69) is 16.7 Å². The van der Waals surface area contributed by atoms with E-state index in [1.54, 1.807) is 29.2 Å². The molecule has 2 fully saturated rings. The number of rotatable bonds is 7. The van der Waals surface area contributed by atoms with Crippen LogP contribution in [0.3, 0.4) is 0 Å². The minimum Gasteiger partial charge on any atom is -0.480 e. The number of carbonyl (C=O) groups excluding carboxylic acids is 3. The summed E-state index contributed by atoms with van der Waals surface area (Å²) in [5.74, 6) is -1.62. The van der Waals surface area contributed by atoms with E-state index < -0.39 is 17.9 Å². The fraction of sp³-hybridized carbons (Fsp3) is 0.500. The number of hydrogen-bond donors (Lipinski definition) is 3. The summed E-state index contributed by atoms with van der Waals surface area (Å²) in [6, 6.07) is 13.9. The van der Waals surface area contributed by atoms with Crippen LogP contribution in [0.4, 0.5) is 10.5 Å². The van der Waals surface area contributed by atoms with Gasteiger partial charge in [0.2, 0.25) is 11.8 Å². The molecule has 4 amide bonds. The third-order valence-electron chi connectivity index (χ3n) is 8.74. The summed E-state index contributed by atoms with van der Waals surface area (Å²) >= 11 is 0. The highest BCUT2D eigenvalue weighted by Gasteiger charge is 2.34. The number of carboxylic acid groups (broad SMARTS) is 1. The van der Waals surface area contributed by atoms with E-state index in [9.17, 15) is 24.3 Å². The number of aliphatic carboxylic acids is 1. The van der Waals surface area contributed by atoms with E-state index >= 15 is 0 Å². The van der Waals surface area contributed by atoms with Gasteiger partial charge in [-0.15, -0.1) is 0 Å². The van der Waals surface area contributed by atoms with E-state index in [1.807, 2.05) is 23.1 Å². The van der Waals surface area contributed by atoms with Gasteiger partial charge in [-0.1, -0.05) is 55.7 Å². The van der Waals surface area contributed by atoms with Crippen LogP contribution in [-0.4, -0.2) is 64.4 Å². The third kappa shape index (κ3) is 7.26. The number of piperidine rings is 1. The number of nitrogens with zero attached hydrogens (tertiary/aromatic N) is 2. The molecule has 2 atom stereocenters. The molecule has 9 heteroatoms. The summed E-state index contributed by atoms with van der Waals surface area (Å²) in [6.07, 6.45) is 7.50. The SMILES string of the molecule is O=C(N[C@@H](Cc1ccc(NC(=O)N2CCc3ccccc3C2)cc1)C(=O)O)C1CCCN(C(=O)C2CCCCC2)C1. The summed E-state index contributed by atoms with van der Waals surface area (Å²) in [5.41, 5.74) is 3.79. The lowest BCUT2D eigenvalue weighted by atomic mass is 9.87. The topological polar surface area (TPSA) is 119 Å². The van der Waals surface area contributed by atoms with Crippen molar-refractivity contribution in [3.8, 4) is 0 Å². The van der Waals surface area contributed by atoms with Gasteiger partial charge in [-0.3, -0.25) is 9.59 Å². The molecule has 3 N–H and O–H groups in total. The first-order chi connectivity index (χ1) is 19.9. The van der Waals surface area contributed by atoms with Crippen LogP contribution < -0.4 is 10.6 Å². The van der Waals surface area contributed by atoms with Gasteiger partial charge in [-0.2, -0.15) is 0 Å². The van der Waals surface area contributed by atoms with Crippen molar-refractivity contribution < 1.29 is 24.3 Å². The Morgan fingerprint density at radius 1 is 0.829 bits per heavy atom. The Balaban J connectivity index is 1.13. The summed E-state index contributed by atoms with van der Waals surface area (Å²) in [4.78, 5) is 54.5. The van der Waals surface area contributed by atoms with Gasteiger partial charge in [0.25, 0.3) is 0 Å². The number of likely N-dealkylation sites (tertiary alicyclic amines) is 1. The Labute approximate surface area is 241 Å². The summed E-state index contributed by atoms with van der Waals surface area (Å²) in [5, 5.41) is 15.5. The molecule has 9 nitrogen and oxygen atoms in total. The van der Waals surface area contributed by atoms with Crippen LogP contribution in [0.15, 0.2) is 48.5 Å². The molecule has 0 aromatic heterocycles. The van der Waals surface area contributed by atoms with Gasteiger partial charge in [0.15, 0.2) is 0 Å². The number of benzene rings is 2. The van der Waals surface area contributed by atoms with Gasteiger partial charge >= 0.3 is 12.0 Å². The average Bonchev–Trinajstić information content (AvgIpc) is 3.01. The summed E-state index contributed by atoms with van der Waals surface area (Å²) in [6.45, 7) is 2.22. The highest BCUT2D eigenvalue weighted by molar-refractivity contribution is 5.89. The molecule has 41 heavy (non-hydrogen) atoms. The second kappa shape index (κ2) is 13.2. The van der Waals surface area contributed by atoms with E-state index in [0.717, 1.165) is 49.7 Å². The summed E-state index contributed by atoms with van der Waals surface area (Å²) < 4.78 is 0. The van der Waals surface area contributed by atoms with Crippen molar-refractivity contribution in [3.05, 3.63) is 65.2 Å². The first-order valence-electron chi connectivity index (χ1n) is 14.9. The van der Waals surface area contributed by atoms with Gasteiger partial charge in [-0.05, 0) is 60.9 Å². The number of amides is 4. The maximum atomic E-state index is 13.1. The van der Waals surface area contributed by atoms with Crippen LogP contribution in [0.2, 0.25) is 0 Å². The zero-order valence-electron chi connectivity index (χ0n) is 23.5. The van der Waals surface area contributed by atoms with Gasteiger partial charge in [0, 0.05) is 44.2 Å². The number of hydrogen-bond acceptors (Lipinski definition) is 4. The van der Waals surface area contributed by atoms with Gasteiger partial charge in [-0.25, -0.2) is 9.59 Å². The van der Waals surface area contributed by atoms with Crippen molar-refractivity contribution in [3.63, 3.8) is 0 Å². The number of carboxylic acids is 1. The highest BCUT2D eigenvalue weighted by atomic mass is 16.4.